The normalized spacial score (nSPS) is 15.3. The number of ether oxygens (including phenoxy) is 1. The molecule has 1 unspecified atom stereocenters. The van der Waals surface area contributed by atoms with E-state index in [4.69, 9.17) is 4.74 Å². The molecular formula is C20H24BrNO3S. The second-order valence-electron chi connectivity index (χ2n) is 6.61. The first-order valence-corrected chi connectivity index (χ1v) is 11.2. The fourth-order valence-electron chi connectivity index (χ4n) is 3.47. The van der Waals surface area contributed by atoms with Gasteiger partial charge in [-0.2, -0.15) is 0 Å². The molecule has 0 aliphatic heterocycles. The Balaban J connectivity index is 1.91. The number of fused-ring (bicyclic) bond motifs is 1. The summed E-state index contributed by atoms with van der Waals surface area (Å²) in [5.74, 6) is 0.334. The fraction of sp³-hybridized carbons (Fsp3) is 0.400. The minimum Gasteiger partial charge on any atom is -0.495 e. The van der Waals surface area contributed by atoms with Crippen LogP contribution in [0.4, 0.5) is 0 Å². The van der Waals surface area contributed by atoms with Gasteiger partial charge in [0.05, 0.1) is 7.11 Å². The van der Waals surface area contributed by atoms with Crippen LogP contribution in [0.1, 0.15) is 48.9 Å². The predicted molar refractivity (Wildman–Crippen MR) is 107 cm³/mol. The summed E-state index contributed by atoms with van der Waals surface area (Å²) in [6.45, 7) is 1.99. The van der Waals surface area contributed by atoms with Gasteiger partial charge in [-0.15, -0.1) is 0 Å². The molecule has 1 N–H and O–H groups in total. The molecule has 0 radical (unpaired) electrons. The van der Waals surface area contributed by atoms with Crippen LogP contribution in [0.2, 0.25) is 0 Å². The van der Waals surface area contributed by atoms with Crippen molar-refractivity contribution in [1.29, 1.82) is 0 Å². The molecule has 0 heterocycles. The predicted octanol–water partition coefficient (Wildman–Crippen LogP) is 4.77. The zero-order valence-electron chi connectivity index (χ0n) is 15.1. The van der Waals surface area contributed by atoms with Gasteiger partial charge in [0.1, 0.15) is 10.6 Å². The van der Waals surface area contributed by atoms with Crippen LogP contribution in [0.3, 0.4) is 0 Å². The second kappa shape index (κ2) is 8.11. The summed E-state index contributed by atoms with van der Waals surface area (Å²) in [7, 11) is -2.24. The minimum atomic E-state index is -3.71. The highest BCUT2D eigenvalue weighted by Crippen LogP contribution is 2.30. The van der Waals surface area contributed by atoms with Crippen molar-refractivity contribution in [3.63, 3.8) is 0 Å². The molecule has 0 saturated heterocycles. The van der Waals surface area contributed by atoms with Gasteiger partial charge in [0.15, 0.2) is 0 Å². The number of sulfonamides is 1. The Bertz CT molecular complexity index is 896. The standard InChI is InChI=1S/C20H24BrNO3S/c1-3-18(16-9-8-14-6-4-5-7-15(14)12-16)22-26(23,24)20-13-17(21)10-11-19(20)25-2/h8-13,18,22H,3-7H2,1-2H3. The molecule has 26 heavy (non-hydrogen) atoms. The Labute approximate surface area is 164 Å². The smallest absolute Gasteiger partial charge is 0.244 e. The van der Waals surface area contributed by atoms with E-state index in [-0.39, 0.29) is 10.9 Å². The summed E-state index contributed by atoms with van der Waals surface area (Å²) >= 11 is 3.34. The number of benzene rings is 2. The van der Waals surface area contributed by atoms with Crippen molar-refractivity contribution < 1.29 is 13.2 Å². The number of nitrogens with one attached hydrogen (secondary N) is 1. The maximum absolute atomic E-state index is 13.0. The lowest BCUT2D eigenvalue weighted by Crippen LogP contribution is -2.29. The van der Waals surface area contributed by atoms with Gasteiger partial charge >= 0.3 is 0 Å². The maximum Gasteiger partial charge on any atom is 0.244 e. The third-order valence-electron chi connectivity index (χ3n) is 4.90. The molecule has 1 aliphatic rings. The van der Waals surface area contributed by atoms with Gasteiger partial charge in [-0.05, 0) is 67.0 Å². The zero-order chi connectivity index (χ0) is 18.7. The summed E-state index contributed by atoms with van der Waals surface area (Å²) in [5, 5.41) is 0. The molecule has 3 rings (SSSR count). The van der Waals surface area contributed by atoms with Crippen molar-refractivity contribution >= 4 is 26.0 Å². The molecule has 2 aromatic rings. The van der Waals surface area contributed by atoms with Crippen molar-refractivity contribution in [2.75, 3.05) is 7.11 Å². The van der Waals surface area contributed by atoms with E-state index in [2.05, 4.69) is 38.9 Å². The Morgan fingerprint density at radius 1 is 1.12 bits per heavy atom. The molecule has 1 atom stereocenters. The van der Waals surface area contributed by atoms with Gasteiger partial charge in [0.2, 0.25) is 10.0 Å². The van der Waals surface area contributed by atoms with Gasteiger partial charge in [-0.25, -0.2) is 13.1 Å². The number of hydrogen-bond donors (Lipinski definition) is 1. The lowest BCUT2D eigenvalue weighted by Gasteiger charge is -2.22. The van der Waals surface area contributed by atoms with E-state index in [1.54, 1.807) is 18.2 Å². The van der Waals surface area contributed by atoms with Crippen LogP contribution in [-0.2, 0) is 22.9 Å². The van der Waals surface area contributed by atoms with Crippen molar-refractivity contribution in [1.82, 2.24) is 4.72 Å². The molecule has 0 amide bonds. The summed E-state index contributed by atoms with van der Waals surface area (Å²) in [4.78, 5) is 0.144. The van der Waals surface area contributed by atoms with Crippen LogP contribution in [0.5, 0.6) is 5.75 Å². The largest absolute Gasteiger partial charge is 0.495 e. The fourth-order valence-corrected chi connectivity index (χ4v) is 5.48. The van der Waals surface area contributed by atoms with Gasteiger partial charge in [-0.1, -0.05) is 41.1 Å². The Kier molecular flexibility index (Phi) is 6.05. The SMILES string of the molecule is CCC(NS(=O)(=O)c1cc(Br)ccc1OC)c1ccc2c(c1)CCCC2. The number of hydrogen-bond acceptors (Lipinski definition) is 3. The van der Waals surface area contributed by atoms with Gasteiger partial charge < -0.3 is 4.74 Å². The zero-order valence-corrected chi connectivity index (χ0v) is 17.5. The van der Waals surface area contributed by atoms with E-state index in [0.29, 0.717) is 16.6 Å². The third kappa shape index (κ3) is 4.13. The van der Waals surface area contributed by atoms with E-state index < -0.39 is 10.0 Å². The summed E-state index contributed by atoms with van der Waals surface area (Å²) < 4.78 is 34.8. The van der Waals surface area contributed by atoms with Crippen LogP contribution in [0.15, 0.2) is 45.8 Å². The molecule has 1 aliphatic carbocycles. The first-order valence-electron chi connectivity index (χ1n) is 8.92. The summed E-state index contributed by atoms with van der Waals surface area (Å²) in [6, 6.07) is 11.1. The van der Waals surface area contributed by atoms with E-state index in [1.165, 1.54) is 31.1 Å². The Hall–Kier alpha value is -1.37. The number of methoxy groups -OCH3 is 1. The Morgan fingerprint density at radius 3 is 2.54 bits per heavy atom. The molecule has 0 bridgehead atoms. The molecular weight excluding hydrogens is 414 g/mol. The minimum absolute atomic E-state index is 0.144. The first kappa shape index (κ1) is 19.4. The summed E-state index contributed by atoms with van der Waals surface area (Å²) in [6.07, 6.45) is 5.31. The topological polar surface area (TPSA) is 55.4 Å². The Morgan fingerprint density at radius 2 is 1.85 bits per heavy atom. The van der Waals surface area contributed by atoms with E-state index in [1.807, 2.05) is 6.92 Å². The summed E-state index contributed by atoms with van der Waals surface area (Å²) in [5.41, 5.74) is 3.77. The van der Waals surface area contributed by atoms with E-state index in [9.17, 15) is 8.42 Å². The van der Waals surface area contributed by atoms with Crippen molar-refractivity contribution in [2.45, 2.75) is 50.0 Å². The number of rotatable bonds is 6. The highest BCUT2D eigenvalue weighted by atomic mass is 79.9. The lowest BCUT2D eigenvalue weighted by atomic mass is 9.89. The quantitative estimate of drug-likeness (QED) is 0.707. The van der Waals surface area contributed by atoms with Crippen LogP contribution in [-0.4, -0.2) is 15.5 Å². The third-order valence-corrected chi connectivity index (χ3v) is 6.88. The monoisotopic (exact) mass is 437 g/mol. The van der Waals surface area contributed by atoms with Crippen LogP contribution < -0.4 is 9.46 Å². The van der Waals surface area contributed by atoms with Crippen molar-refractivity contribution in [2.24, 2.45) is 0 Å². The van der Waals surface area contributed by atoms with Crippen molar-refractivity contribution in [3.05, 3.63) is 57.6 Å². The highest BCUT2D eigenvalue weighted by molar-refractivity contribution is 9.10. The molecule has 140 valence electrons. The van der Waals surface area contributed by atoms with E-state index >= 15 is 0 Å². The lowest BCUT2D eigenvalue weighted by molar-refractivity contribution is 0.401. The molecule has 0 fully saturated rings. The van der Waals surface area contributed by atoms with Crippen LogP contribution >= 0.6 is 15.9 Å². The molecule has 6 heteroatoms. The molecule has 0 spiro atoms. The van der Waals surface area contributed by atoms with Gasteiger partial charge in [-0.3, -0.25) is 0 Å². The van der Waals surface area contributed by atoms with Crippen LogP contribution in [0, 0.1) is 0 Å². The molecule has 0 aromatic heterocycles. The molecule has 4 nitrogen and oxygen atoms in total. The second-order valence-corrected chi connectivity index (χ2v) is 9.21. The van der Waals surface area contributed by atoms with Gasteiger partial charge in [0.25, 0.3) is 0 Å². The number of aryl methyl sites for hydroxylation is 2. The number of halogens is 1. The molecule has 2 aromatic carbocycles. The van der Waals surface area contributed by atoms with Crippen molar-refractivity contribution in [3.8, 4) is 5.75 Å². The molecule has 0 saturated carbocycles. The highest BCUT2D eigenvalue weighted by Gasteiger charge is 2.24. The van der Waals surface area contributed by atoms with Gasteiger partial charge in [0, 0.05) is 10.5 Å². The maximum atomic E-state index is 13.0. The first-order chi connectivity index (χ1) is 12.4. The average Bonchev–Trinajstić information content (AvgIpc) is 2.65. The van der Waals surface area contributed by atoms with Crippen LogP contribution in [0.25, 0.3) is 0 Å². The average molecular weight is 438 g/mol. The van der Waals surface area contributed by atoms with E-state index in [0.717, 1.165) is 18.4 Å².